The summed E-state index contributed by atoms with van der Waals surface area (Å²) in [5, 5.41) is 4.03. The van der Waals surface area contributed by atoms with E-state index < -0.39 is 0 Å². The molecule has 2 rings (SSSR count). The number of halogens is 1. The summed E-state index contributed by atoms with van der Waals surface area (Å²) >= 11 is 6.03. The molecular weight excluding hydrogens is 210 g/mol. The molecule has 0 aromatic heterocycles. The molecule has 2 nitrogen and oxygen atoms in total. The maximum atomic E-state index is 6.03. The molecule has 82 valence electrons. The molecule has 1 heterocycles. The Morgan fingerprint density at radius 2 is 2.27 bits per heavy atom. The topological polar surface area (TPSA) is 21.3 Å². The van der Waals surface area contributed by atoms with E-state index in [1.165, 1.54) is 6.42 Å². The molecule has 0 saturated carbocycles. The van der Waals surface area contributed by atoms with Crippen LogP contribution >= 0.6 is 11.6 Å². The Hall–Kier alpha value is -0.730. The van der Waals surface area contributed by atoms with Crippen molar-refractivity contribution in [2.45, 2.75) is 19.4 Å². The van der Waals surface area contributed by atoms with Crippen LogP contribution in [-0.4, -0.2) is 19.2 Å². The molecule has 3 heteroatoms. The number of nitrogens with one attached hydrogen (secondary N) is 1. The quantitative estimate of drug-likeness (QED) is 0.854. The molecule has 1 N–H and O–H groups in total. The largest absolute Gasteiger partial charge is 0.489 e. The molecule has 1 aromatic rings. The lowest BCUT2D eigenvalue weighted by atomic mass is 10.0. The molecule has 0 radical (unpaired) electrons. The third-order valence-electron chi connectivity index (χ3n) is 2.91. The third-order valence-corrected chi connectivity index (χ3v) is 3.22. The number of hydrogen-bond acceptors (Lipinski definition) is 2. The van der Waals surface area contributed by atoms with Gasteiger partial charge in [-0.3, -0.25) is 0 Å². The fourth-order valence-electron chi connectivity index (χ4n) is 1.91. The van der Waals surface area contributed by atoms with Gasteiger partial charge < -0.3 is 10.1 Å². The summed E-state index contributed by atoms with van der Waals surface area (Å²) in [6.07, 6.45) is 1.41. The van der Waals surface area contributed by atoms with Crippen LogP contribution in [-0.2, 0) is 0 Å². The Labute approximate surface area is 95.6 Å². The van der Waals surface area contributed by atoms with Gasteiger partial charge in [0.2, 0.25) is 0 Å². The number of ether oxygens (including phenoxy) is 1. The maximum Gasteiger partial charge on any atom is 0.138 e. The highest BCUT2D eigenvalue weighted by atomic mass is 35.5. The van der Waals surface area contributed by atoms with Crippen molar-refractivity contribution in [2.75, 3.05) is 13.1 Å². The van der Waals surface area contributed by atoms with Crippen LogP contribution in [0, 0.1) is 5.92 Å². The fraction of sp³-hybridized carbons (Fsp3) is 0.500. The zero-order valence-corrected chi connectivity index (χ0v) is 9.63. The summed E-state index contributed by atoms with van der Waals surface area (Å²) in [7, 11) is 0. The summed E-state index contributed by atoms with van der Waals surface area (Å²) < 4.78 is 5.86. The number of hydrogen-bond donors (Lipinski definition) is 1. The molecule has 1 saturated heterocycles. The van der Waals surface area contributed by atoms with E-state index in [4.69, 9.17) is 16.3 Å². The van der Waals surface area contributed by atoms with E-state index in [2.05, 4.69) is 12.2 Å². The molecule has 0 aliphatic carbocycles. The van der Waals surface area contributed by atoms with Crippen molar-refractivity contribution in [3.8, 4) is 5.75 Å². The van der Waals surface area contributed by atoms with Gasteiger partial charge in [-0.15, -0.1) is 0 Å². The van der Waals surface area contributed by atoms with Gasteiger partial charge in [-0.05, 0) is 32.0 Å². The van der Waals surface area contributed by atoms with Crippen LogP contribution in [0.5, 0.6) is 5.75 Å². The normalized spacial score (nSPS) is 22.7. The van der Waals surface area contributed by atoms with Crippen molar-refractivity contribution in [2.24, 2.45) is 5.92 Å². The molecule has 0 amide bonds. The lowest BCUT2D eigenvalue weighted by Gasteiger charge is -2.20. The van der Waals surface area contributed by atoms with Crippen LogP contribution in [0.15, 0.2) is 24.3 Å². The average Bonchev–Trinajstić information content (AvgIpc) is 2.74. The zero-order valence-electron chi connectivity index (χ0n) is 8.87. The predicted molar refractivity (Wildman–Crippen MR) is 62.5 cm³/mol. The summed E-state index contributed by atoms with van der Waals surface area (Å²) in [5.74, 6) is 1.39. The van der Waals surface area contributed by atoms with E-state index >= 15 is 0 Å². The first-order chi connectivity index (χ1) is 7.27. The Kier molecular flexibility index (Phi) is 3.49. The van der Waals surface area contributed by atoms with E-state index in [0.29, 0.717) is 10.9 Å². The number of benzene rings is 1. The molecule has 2 atom stereocenters. The van der Waals surface area contributed by atoms with Gasteiger partial charge in [0.25, 0.3) is 0 Å². The van der Waals surface area contributed by atoms with Crippen molar-refractivity contribution in [3.05, 3.63) is 29.3 Å². The van der Waals surface area contributed by atoms with E-state index in [0.717, 1.165) is 18.8 Å². The highest BCUT2D eigenvalue weighted by Crippen LogP contribution is 2.26. The second-order valence-corrected chi connectivity index (χ2v) is 4.41. The molecule has 1 aliphatic rings. The van der Waals surface area contributed by atoms with Crippen molar-refractivity contribution >= 4 is 11.6 Å². The SMILES string of the molecule is CC(Oc1ccccc1Cl)C1CCNC1. The Morgan fingerprint density at radius 1 is 1.47 bits per heavy atom. The van der Waals surface area contributed by atoms with Gasteiger partial charge in [0.1, 0.15) is 11.9 Å². The van der Waals surface area contributed by atoms with Gasteiger partial charge in [0.05, 0.1) is 5.02 Å². The maximum absolute atomic E-state index is 6.03. The van der Waals surface area contributed by atoms with Crippen molar-refractivity contribution < 1.29 is 4.74 Å². The van der Waals surface area contributed by atoms with Crippen molar-refractivity contribution in [3.63, 3.8) is 0 Å². The molecule has 1 aliphatic heterocycles. The minimum Gasteiger partial charge on any atom is -0.489 e. The number of para-hydroxylation sites is 1. The monoisotopic (exact) mass is 225 g/mol. The molecular formula is C12H16ClNO. The van der Waals surface area contributed by atoms with Gasteiger partial charge in [0, 0.05) is 12.5 Å². The first-order valence-corrected chi connectivity index (χ1v) is 5.77. The van der Waals surface area contributed by atoms with Gasteiger partial charge >= 0.3 is 0 Å². The highest BCUT2D eigenvalue weighted by Gasteiger charge is 2.22. The van der Waals surface area contributed by atoms with E-state index in [9.17, 15) is 0 Å². The minimum atomic E-state index is 0.222. The van der Waals surface area contributed by atoms with Crippen LogP contribution in [0.4, 0.5) is 0 Å². The van der Waals surface area contributed by atoms with Crippen LogP contribution in [0.2, 0.25) is 5.02 Å². The summed E-state index contributed by atoms with van der Waals surface area (Å²) in [4.78, 5) is 0. The minimum absolute atomic E-state index is 0.222. The lowest BCUT2D eigenvalue weighted by Crippen LogP contribution is -2.25. The molecule has 1 aromatic carbocycles. The summed E-state index contributed by atoms with van der Waals surface area (Å²) in [6.45, 7) is 4.26. The second-order valence-electron chi connectivity index (χ2n) is 4.01. The Morgan fingerprint density at radius 3 is 2.93 bits per heavy atom. The van der Waals surface area contributed by atoms with Gasteiger partial charge in [-0.1, -0.05) is 23.7 Å². The molecule has 15 heavy (non-hydrogen) atoms. The summed E-state index contributed by atoms with van der Waals surface area (Å²) in [5.41, 5.74) is 0. The van der Waals surface area contributed by atoms with Crippen LogP contribution < -0.4 is 10.1 Å². The summed E-state index contributed by atoms with van der Waals surface area (Å²) in [6, 6.07) is 7.63. The zero-order chi connectivity index (χ0) is 10.7. The van der Waals surface area contributed by atoms with Crippen LogP contribution in [0.1, 0.15) is 13.3 Å². The first kappa shape index (κ1) is 10.8. The Balaban J connectivity index is 1.99. The molecule has 0 bridgehead atoms. The molecule has 1 fully saturated rings. The highest BCUT2D eigenvalue weighted by molar-refractivity contribution is 6.32. The van der Waals surface area contributed by atoms with Crippen LogP contribution in [0.3, 0.4) is 0 Å². The van der Waals surface area contributed by atoms with E-state index in [1.807, 2.05) is 24.3 Å². The fourth-order valence-corrected chi connectivity index (χ4v) is 2.09. The lowest BCUT2D eigenvalue weighted by molar-refractivity contribution is 0.161. The average molecular weight is 226 g/mol. The van der Waals surface area contributed by atoms with Crippen LogP contribution in [0.25, 0.3) is 0 Å². The van der Waals surface area contributed by atoms with Crippen molar-refractivity contribution in [1.29, 1.82) is 0 Å². The third kappa shape index (κ3) is 2.64. The smallest absolute Gasteiger partial charge is 0.138 e. The molecule has 2 unspecified atom stereocenters. The van der Waals surface area contributed by atoms with E-state index in [1.54, 1.807) is 0 Å². The van der Waals surface area contributed by atoms with Crippen molar-refractivity contribution in [1.82, 2.24) is 5.32 Å². The van der Waals surface area contributed by atoms with Gasteiger partial charge in [-0.2, -0.15) is 0 Å². The van der Waals surface area contributed by atoms with E-state index in [-0.39, 0.29) is 6.10 Å². The predicted octanol–water partition coefficient (Wildman–Crippen LogP) is 2.72. The second kappa shape index (κ2) is 4.86. The first-order valence-electron chi connectivity index (χ1n) is 5.39. The van der Waals surface area contributed by atoms with Gasteiger partial charge in [0.15, 0.2) is 0 Å². The standard InChI is InChI=1S/C12H16ClNO/c1-9(10-6-7-14-8-10)15-12-5-3-2-4-11(12)13/h2-5,9-10,14H,6-8H2,1H3. The Bertz CT molecular complexity index is 323. The molecule has 0 spiro atoms. The van der Waals surface area contributed by atoms with Gasteiger partial charge in [-0.25, -0.2) is 0 Å². The number of rotatable bonds is 3.